The molecule has 0 aliphatic carbocycles. The van der Waals surface area contributed by atoms with Crippen molar-refractivity contribution in [1.29, 1.82) is 0 Å². The zero-order valence-electron chi connectivity index (χ0n) is 19.8. The molecule has 0 amide bonds. The van der Waals surface area contributed by atoms with Crippen molar-refractivity contribution in [1.82, 2.24) is 4.90 Å². The van der Waals surface area contributed by atoms with Gasteiger partial charge in [-0.3, -0.25) is 10.1 Å². The van der Waals surface area contributed by atoms with Crippen LogP contribution in [0.1, 0.15) is 46.1 Å². The summed E-state index contributed by atoms with van der Waals surface area (Å²) in [7, 11) is 1.49. The second-order valence-electron chi connectivity index (χ2n) is 7.49. The molecule has 0 saturated heterocycles. The molecule has 0 spiro atoms. The summed E-state index contributed by atoms with van der Waals surface area (Å²) in [5.74, 6) is -2.13. The van der Waals surface area contributed by atoms with Crippen molar-refractivity contribution in [2.75, 3.05) is 20.3 Å². The van der Waals surface area contributed by atoms with Gasteiger partial charge in [-0.15, -0.1) is 0 Å². The normalized spacial score (nSPS) is 16.0. The molecule has 0 aromatic heterocycles. The number of carbonyl (C=O) groups excluding carboxylic acids is 2. The monoisotopic (exact) mass is 534 g/mol. The zero-order valence-corrected chi connectivity index (χ0v) is 22.6. The average molecular weight is 534 g/mol. The van der Waals surface area contributed by atoms with E-state index in [9.17, 15) is 19.7 Å². The van der Waals surface area contributed by atoms with Gasteiger partial charge in [0.25, 0.3) is 5.69 Å². The van der Waals surface area contributed by atoms with E-state index in [1.54, 1.807) is 52.1 Å². The molecule has 1 radical (unpaired) electrons. The van der Waals surface area contributed by atoms with Gasteiger partial charge in [-0.2, -0.15) is 6.92 Å². The van der Waals surface area contributed by atoms with Crippen LogP contribution in [-0.2, 0) is 56.5 Å². The second kappa shape index (κ2) is 13.0. The van der Waals surface area contributed by atoms with Gasteiger partial charge in [0.05, 0.1) is 34.7 Å². The summed E-state index contributed by atoms with van der Waals surface area (Å²) in [4.78, 5) is 38.9. The number of non-ortho nitro benzene ring substituents is 1. The van der Waals surface area contributed by atoms with Crippen molar-refractivity contribution < 1.29 is 61.4 Å². The number of rotatable bonds is 9. The number of hydrogen-bond donors (Lipinski definition) is 0. The van der Waals surface area contributed by atoms with Gasteiger partial charge in [0, 0.05) is 52.0 Å². The first kappa shape index (κ1) is 28.9. The molecule has 1 aromatic rings. The number of allylic oxidation sites excluding steroid dienone is 2. The predicted molar refractivity (Wildman–Crippen MR) is 117 cm³/mol. The van der Waals surface area contributed by atoms with Crippen LogP contribution in [0, 0.1) is 16.7 Å². The quantitative estimate of drug-likeness (QED) is 0.155. The van der Waals surface area contributed by atoms with Crippen LogP contribution >= 0.6 is 0 Å². The molecule has 0 N–H and O–H groups in total. The van der Waals surface area contributed by atoms with E-state index in [2.05, 4.69) is 0 Å². The molecule has 33 heavy (non-hydrogen) atoms. The molecule has 1 aliphatic rings. The summed E-state index contributed by atoms with van der Waals surface area (Å²) in [6.07, 6.45) is -0.392. The third kappa shape index (κ3) is 6.71. The zero-order chi connectivity index (χ0) is 24.0. The van der Waals surface area contributed by atoms with E-state index in [1.807, 2.05) is 0 Å². The van der Waals surface area contributed by atoms with Gasteiger partial charge in [0.15, 0.2) is 0 Å². The van der Waals surface area contributed by atoms with Crippen LogP contribution in [0.2, 0.25) is 0 Å². The number of carbonyl (C=O) groups is 2. The number of methoxy groups -OCH3 is 1. The Morgan fingerprint density at radius 1 is 1.15 bits per heavy atom. The number of benzene rings is 1. The fourth-order valence-corrected chi connectivity index (χ4v) is 3.72. The SMILES string of the molecule is C[CH-]N1C(C)=C(C(=O)OCCOC)C(c2cccc([N+](=O)[O-])c2)C(C(=O)OC(C)C)=C1C.[Y]. The molecule has 0 saturated carbocycles. The Hall–Kier alpha value is -2.10. The van der Waals surface area contributed by atoms with Crippen LogP contribution in [0.15, 0.2) is 46.8 Å². The Morgan fingerprint density at radius 3 is 2.27 bits per heavy atom. The summed E-state index contributed by atoms with van der Waals surface area (Å²) < 4.78 is 15.8. The Kier molecular flexibility index (Phi) is 11.4. The number of ether oxygens (including phenoxy) is 3. The van der Waals surface area contributed by atoms with Gasteiger partial charge in [0.2, 0.25) is 0 Å². The van der Waals surface area contributed by atoms with Crippen LogP contribution in [0.25, 0.3) is 0 Å². The smallest absolute Gasteiger partial charge is 0.336 e. The molecule has 1 aromatic carbocycles. The summed E-state index contributed by atoms with van der Waals surface area (Å²) in [5, 5.41) is 11.4. The van der Waals surface area contributed by atoms with Crippen LogP contribution in [-0.4, -0.2) is 48.2 Å². The molecule has 2 rings (SSSR count). The van der Waals surface area contributed by atoms with Gasteiger partial charge in [0.1, 0.15) is 6.61 Å². The third-order valence-electron chi connectivity index (χ3n) is 5.06. The minimum Gasteiger partial charge on any atom is -0.501 e. The minimum absolute atomic E-state index is 0. The van der Waals surface area contributed by atoms with Crippen molar-refractivity contribution in [2.24, 2.45) is 0 Å². The number of nitro benzene ring substituents is 1. The molecular weight excluding hydrogens is 505 g/mol. The van der Waals surface area contributed by atoms with Crippen LogP contribution < -0.4 is 0 Å². The summed E-state index contributed by atoms with van der Waals surface area (Å²) in [6.45, 7) is 10.7. The van der Waals surface area contributed by atoms with E-state index in [1.165, 1.54) is 25.3 Å². The standard InChI is InChI=1S/C23H29N2O7.Y/c1-7-24-15(4)19(22(26)31-12-11-30-6)21(17-9-8-10-18(13-17)25(28)29)20(16(24)5)23(27)32-14(2)3;/h7-10,13-14,21H,11-12H2,1-6H3;/q-1;. The van der Waals surface area contributed by atoms with Crippen LogP contribution in [0.3, 0.4) is 0 Å². The first-order valence-corrected chi connectivity index (χ1v) is 10.3. The van der Waals surface area contributed by atoms with Crippen LogP contribution in [0.5, 0.6) is 0 Å². The first-order chi connectivity index (χ1) is 15.1. The van der Waals surface area contributed by atoms with Gasteiger partial charge >= 0.3 is 11.9 Å². The fraction of sp³-hybridized carbons (Fsp3) is 0.435. The van der Waals surface area contributed by atoms with E-state index in [0.717, 1.165) is 0 Å². The molecule has 0 bridgehead atoms. The maximum atomic E-state index is 13.2. The Labute approximate surface area is 219 Å². The Morgan fingerprint density at radius 2 is 1.76 bits per heavy atom. The van der Waals surface area contributed by atoms with Crippen molar-refractivity contribution in [2.45, 2.75) is 46.6 Å². The maximum Gasteiger partial charge on any atom is 0.336 e. The van der Waals surface area contributed by atoms with Crippen molar-refractivity contribution in [3.05, 3.63) is 69.0 Å². The molecule has 10 heteroatoms. The number of hydrogen-bond acceptors (Lipinski definition) is 8. The number of nitro groups is 1. The molecular formula is C23H29N2O7Y-. The van der Waals surface area contributed by atoms with Crippen molar-refractivity contribution in [3.63, 3.8) is 0 Å². The van der Waals surface area contributed by atoms with Gasteiger partial charge in [-0.25, -0.2) is 16.1 Å². The third-order valence-corrected chi connectivity index (χ3v) is 5.06. The minimum atomic E-state index is -0.896. The fourth-order valence-electron chi connectivity index (χ4n) is 3.72. The largest absolute Gasteiger partial charge is 0.501 e. The van der Waals surface area contributed by atoms with E-state index in [0.29, 0.717) is 17.0 Å². The molecule has 0 fully saturated rings. The molecule has 177 valence electrons. The topological polar surface area (TPSA) is 108 Å². The van der Waals surface area contributed by atoms with Crippen molar-refractivity contribution >= 4 is 17.6 Å². The van der Waals surface area contributed by atoms with Gasteiger partial charge in [-0.05, 0) is 44.7 Å². The summed E-state index contributed by atoms with van der Waals surface area (Å²) >= 11 is 0. The number of nitrogens with zero attached hydrogens (tertiary/aromatic N) is 2. The molecule has 1 heterocycles. The second-order valence-corrected chi connectivity index (χ2v) is 7.49. The van der Waals surface area contributed by atoms with Crippen molar-refractivity contribution in [3.8, 4) is 0 Å². The van der Waals surface area contributed by atoms with Crippen LogP contribution in [0.4, 0.5) is 5.69 Å². The van der Waals surface area contributed by atoms with E-state index in [-0.39, 0.29) is 62.8 Å². The number of esters is 2. The molecule has 1 atom stereocenters. The van der Waals surface area contributed by atoms with E-state index >= 15 is 0 Å². The Bertz CT molecular complexity index is 956. The van der Waals surface area contributed by atoms with E-state index < -0.39 is 28.9 Å². The maximum absolute atomic E-state index is 13.2. The Balaban J connectivity index is 0.00000544. The summed E-state index contributed by atoms with van der Waals surface area (Å²) in [6, 6.07) is 5.89. The molecule has 9 nitrogen and oxygen atoms in total. The molecule has 1 unspecified atom stereocenters. The summed E-state index contributed by atoms with van der Waals surface area (Å²) in [5.41, 5.74) is 1.84. The predicted octanol–water partition coefficient (Wildman–Crippen LogP) is 3.86. The van der Waals surface area contributed by atoms with E-state index in [4.69, 9.17) is 14.2 Å². The molecule has 1 aliphatic heterocycles. The average Bonchev–Trinajstić information content (AvgIpc) is 2.73. The first-order valence-electron chi connectivity index (χ1n) is 10.3. The van der Waals surface area contributed by atoms with Gasteiger partial charge < -0.3 is 19.1 Å². The van der Waals surface area contributed by atoms with Gasteiger partial charge in [-0.1, -0.05) is 12.1 Å².